The zero-order chi connectivity index (χ0) is 54.7. The lowest BCUT2D eigenvalue weighted by Crippen LogP contribution is -2.72. The molecule has 25 unspecified atom stereocenters. The number of fused-ring (bicyclic) bond motifs is 7. The summed E-state index contributed by atoms with van der Waals surface area (Å²) in [6, 6.07) is 8.52. The molecule has 9 rings (SSSR count). The molecule has 3 saturated heterocycles. The van der Waals surface area contributed by atoms with Crippen molar-refractivity contribution in [2.75, 3.05) is 19.8 Å². The third-order valence-corrected chi connectivity index (χ3v) is 20.5. The summed E-state index contributed by atoms with van der Waals surface area (Å²) in [5.74, 6) is -2.66. The van der Waals surface area contributed by atoms with E-state index in [-0.39, 0.29) is 23.7 Å². The summed E-state index contributed by atoms with van der Waals surface area (Å²) in [7, 11) is 0. The zero-order valence-electron chi connectivity index (χ0n) is 43.7. The van der Waals surface area contributed by atoms with E-state index in [4.69, 9.17) is 33.2 Å². The Morgan fingerprint density at radius 3 is 2.03 bits per heavy atom. The molecule has 0 spiro atoms. The van der Waals surface area contributed by atoms with E-state index in [1.54, 1.807) is 30.3 Å². The fourth-order valence-electron chi connectivity index (χ4n) is 16.1. The van der Waals surface area contributed by atoms with Crippen molar-refractivity contribution in [3.63, 3.8) is 0 Å². The van der Waals surface area contributed by atoms with Gasteiger partial charge in [-0.25, -0.2) is 9.59 Å². The van der Waals surface area contributed by atoms with Crippen LogP contribution in [0, 0.1) is 50.2 Å². The van der Waals surface area contributed by atoms with E-state index in [2.05, 4.69) is 40.7 Å². The molecule has 3 aliphatic heterocycles. The Hall–Kier alpha value is -2.78. The monoisotopic (exact) mass is 1060 g/mol. The van der Waals surface area contributed by atoms with Crippen LogP contribution in [-0.4, -0.2) is 203 Å². The van der Waals surface area contributed by atoms with Gasteiger partial charge in [0.2, 0.25) is 0 Å². The predicted molar refractivity (Wildman–Crippen MR) is 258 cm³/mol. The highest BCUT2D eigenvalue weighted by atomic mass is 16.8. The number of hydrogen-bond donors (Lipinski definition) is 12. The molecule has 75 heavy (non-hydrogen) atoms. The van der Waals surface area contributed by atoms with Crippen molar-refractivity contribution in [2.24, 2.45) is 50.2 Å². The first-order chi connectivity index (χ1) is 35.1. The molecular weight excluding hydrogens is 985 g/mol. The van der Waals surface area contributed by atoms with E-state index in [0.717, 1.165) is 5.57 Å². The Bertz CT molecular complexity index is 2260. The van der Waals surface area contributed by atoms with E-state index in [9.17, 15) is 70.9 Å². The molecule has 422 valence electrons. The predicted octanol–water partition coefficient (Wildman–Crippen LogP) is 0.122. The minimum atomic E-state index is -2.09. The van der Waals surface area contributed by atoms with Crippen molar-refractivity contribution in [1.29, 1.82) is 0 Å². The summed E-state index contributed by atoms with van der Waals surface area (Å²) in [6.07, 6.45) is -23.6. The molecular formula is C54H80O21. The van der Waals surface area contributed by atoms with Gasteiger partial charge in [-0.3, -0.25) is 0 Å². The van der Waals surface area contributed by atoms with E-state index in [1.807, 2.05) is 13.8 Å². The third kappa shape index (κ3) is 8.95. The number of esters is 1. The molecule has 12 N–H and O–H groups in total. The molecule has 25 atom stereocenters. The molecule has 0 radical (unpaired) electrons. The number of hydrogen-bond acceptors (Lipinski definition) is 20. The Labute approximate surface area is 436 Å². The molecule has 3 heterocycles. The highest BCUT2D eigenvalue weighted by molar-refractivity contribution is 5.89. The third-order valence-electron chi connectivity index (χ3n) is 20.5. The van der Waals surface area contributed by atoms with Crippen molar-refractivity contribution in [1.82, 2.24) is 0 Å². The van der Waals surface area contributed by atoms with E-state index in [0.29, 0.717) is 44.1 Å². The van der Waals surface area contributed by atoms with Crippen LogP contribution in [0.25, 0.3) is 0 Å². The number of ether oxygens (including phenoxy) is 7. The zero-order valence-corrected chi connectivity index (χ0v) is 43.7. The van der Waals surface area contributed by atoms with Gasteiger partial charge in [0.15, 0.2) is 25.0 Å². The second-order valence-corrected chi connectivity index (χ2v) is 25.1. The quantitative estimate of drug-likeness (QED) is 0.0796. The summed E-state index contributed by atoms with van der Waals surface area (Å²) in [5.41, 5.74) is -2.82. The SMILES string of the molecule is CC1(C)CC2C3=CCC4C5(C)CCC(OC6OC(C(=O)O)C(O)C(OC7OCC(O)C(O)C7O)C6OC6OC(CO)C(O)C(O)C6O)C(C)(C)C5CCC4(C)C3(C)CC(O)C2(CO)C(O)C1OC(=O)c1ccccc1. The Kier molecular flexibility index (Phi) is 15.5. The Morgan fingerprint density at radius 2 is 1.37 bits per heavy atom. The number of aliphatic hydroxyl groups excluding tert-OH is 11. The first-order valence-corrected chi connectivity index (χ1v) is 26.6. The summed E-state index contributed by atoms with van der Waals surface area (Å²) >= 11 is 0. The fraction of sp³-hybridized carbons (Fsp3) is 0.815. The number of carboxylic acids is 1. The van der Waals surface area contributed by atoms with Crippen LogP contribution in [0.5, 0.6) is 0 Å². The van der Waals surface area contributed by atoms with Crippen LogP contribution in [0.4, 0.5) is 0 Å². The minimum Gasteiger partial charge on any atom is -0.479 e. The number of carboxylic acid groups (broad SMARTS) is 1. The highest BCUT2D eigenvalue weighted by Gasteiger charge is 2.73. The number of rotatable bonds is 11. The van der Waals surface area contributed by atoms with Crippen LogP contribution in [0.3, 0.4) is 0 Å². The van der Waals surface area contributed by atoms with Crippen LogP contribution in [-0.2, 0) is 38.0 Å². The van der Waals surface area contributed by atoms with Crippen LogP contribution >= 0.6 is 0 Å². The van der Waals surface area contributed by atoms with Gasteiger partial charge in [-0.2, -0.15) is 0 Å². The summed E-state index contributed by atoms with van der Waals surface area (Å²) < 4.78 is 42.5. The van der Waals surface area contributed by atoms with Gasteiger partial charge in [0.1, 0.15) is 73.2 Å². The van der Waals surface area contributed by atoms with Gasteiger partial charge in [0.05, 0.1) is 43.0 Å². The molecule has 1 aromatic rings. The maximum atomic E-state index is 13.5. The Morgan fingerprint density at radius 1 is 0.707 bits per heavy atom. The fourth-order valence-corrected chi connectivity index (χ4v) is 16.1. The van der Waals surface area contributed by atoms with Crippen LogP contribution in [0.15, 0.2) is 42.0 Å². The first kappa shape index (κ1) is 56.9. The Balaban J connectivity index is 1.01. The van der Waals surface area contributed by atoms with Crippen LogP contribution in [0.2, 0.25) is 0 Å². The standard InChI is InChI=1S/C54H80O21/c1-49(2)19-26-25-13-14-30-51(5)17-16-32(50(3,4)29(51)15-18-52(30,6)53(25,7)20-31(58)54(26,23-56)42(65)43(49)75-45(68)24-11-9-8-10-12-24)71-48-41(74-47-37(63)35(61)34(60)28(21-55)70-47)39(38(64)40(73-48)44(66)67)72-46-36(62)33(59)27(57)22-69-46/h8-13,26-43,46-48,55-65H,14-23H2,1-7H3,(H,66,67). The molecule has 0 bridgehead atoms. The summed E-state index contributed by atoms with van der Waals surface area (Å²) in [5, 5.41) is 132. The molecule has 21 nitrogen and oxygen atoms in total. The van der Waals surface area contributed by atoms with E-state index < -0.39 is 175 Å². The van der Waals surface area contributed by atoms with Gasteiger partial charge >= 0.3 is 11.9 Å². The number of carbonyl (C=O) groups excluding carboxylic acids is 1. The van der Waals surface area contributed by atoms with E-state index in [1.165, 1.54) is 0 Å². The molecule has 0 aromatic heterocycles. The molecule has 1 aromatic carbocycles. The lowest BCUT2D eigenvalue weighted by molar-refractivity contribution is -0.392. The number of benzene rings is 1. The highest BCUT2D eigenvalue weighted by Crippen LogP contribution is 2.76. The lowest BCUT2D eigenvalue weighted by atomic mass is 9.33. The molecule has 4 saturated carbocycles. The number of allylic oxidation sites excluding steroid dienone is 2. The second-order valence-electron chi connectivity index (χ2n) is 25.1. The largest absolute Gasteiger partial charge is 0.479 e. The molecule has 5 aliphatic carbocycles. The minimum absolute atomic E-state index is 0.0408. The lowest BCUT2D eigenvalue weighted by Gasteiger charge is -2.72. The van der Waals surface area contributed by atoms with Crippen LogP contribution in [0.1, 0.15) is 104 Å². The first-order valence-electron chi connectivity index (χ1n) is 26.6. The average Bonchev–Trinajstić information content (AvgIpc) is 3.45. The number of aliphatic carboxylic acids is 1. The van der Waals surface area contributed by atoms with E-state index >= 15 is 0 Å². The van der Waals surface area contributed by atoms with Crippen molar-refractivity contribution in [3.05, 3.63) is 47.5 Å². The van der Waals surface area contributed by atoms with Gasteiger partial charge in [0, 0.05) is 5.41 Å². The average molecular weight is 1070 g/mol. The van der Waals surface area contributed by atoms with Gasteiger partial charge in [-0.05, 0) is 96.5 Å². The van der Waals surface area contributed by atoms with Crippen molar-refractivity contribution >= 4 is 11.9 Å². The topological polar surface area (TPSA) is 342 Å². The smallest absolute Gasteiger partial charge is 0.338 e. The van der Waals surface area contributed by atoms with Crippen molar-refractivity contribution < 1.29 is 104 Å². The maximum Gasteiger partial charge on any atom is 0.338 e. The van der Waals surface area contributed by atoms with Crippen molar-refractivity contribution in [2.45, 2.75) is 204 Å². The molecule has 8 aliphatic rings. The van der Waals surface area contributed by atoms with Crippen molar-refractivity contribution in [3.8, 4) is 0 Å². The summed E-state index contributed by atoms with van der Waals surface area (Å²) in [6.45, 7) is 13.0. The normalized spacial score (nSPS) is 50.2. The summed E-state index contributed by atoms with van der Waals surface area (Å²) in [4.78, 5) is 26.3. The number of aliphatic hydroxyl groups is 11. The van der Waals surface area contributed by atoms with Gasteiger partial charge in [-0.1, -0.05) is 78.3 Å². The molecule has 7 fully saturated rings. The van der Waals surface area contributed by atoms with Gasteiger partial charge in [-0.15, -0.1) is 0 Å². The maximum absolute atomic E-state index is 13.5. The van der Waals surface area contributed by atoms with Crippen LogP contribution < -0.4 is 0 Å². The molecule has 21 heteroatoms. The number of carbonyl (C=O) groups is 2. The molecule has 0 amide bonds. The van der Waals surface area contributed by atoms with Gasteiger partial charge in [0.25, 0.3) is 0 Å². The second kappa shape index (κ2) is 20.4. The van der Waals surface area contributed by atoms with Gasteiger partial charge < -0.3 is 94.4 Å².